The van der Waals surface area contributed by atoms with Crippen molar-refractivity contribution in [2.45, 2.75) is 25.6 Å². The summed E-state index contributed by atoms with van der Waals surface area (Å²) in [5.74, 6) is 0. The summed E-state index contributed by atoms with van der Waals surface area (Å²) in [4.78, 5) is 14.1. The van der Waals surface area contributed by atoms with Crippen LogP contribution in [0.4, 0.5) is 18.0 Å². The van der Waals surface area contributed by atoms with E-state index in [2.05, 4.69) is 4.74 Å². The molecule has 0 aliphatic carbocycles. The van der Waals surface area contributed by atoms with Crippen LogP contribution in [0.25, 0.3) is 0 Å². The summed E-state index contributed by atoms with van der Waals surface area (Å²) in [5.41, 5.74) is -2.49. The van der Waals surface area contributed by atoms with Gasteiger partial charge < -0.3 is 9.64 Å². The Balaban J connectivity index is 2.62. The van der Waals surface area contributed by atoms with Gasteiger partial charge in [-0.25, -0.2) is 4.79 Å². The summed E-state index contributed by atoms with van der Waals surface area (Å²) < 4.78 is 41.7. The lowest BCUT2D eigenvalue weighted by atomic mass is 10.1. The highest BCUT2D eigenvalue weighted by atomic mass is 19.4. The average molecular weight is 238 g/mol. The first-order valence-electron chi connectivity index (χ1n) is 4.58. The fourth-order valence-electron chi connectivity index (χ4n) is 0.982. The molecule has 7 heteroatoms. The third kappa shape index (κ3) is 2.59. The van der Waals surface area contributed by atoms with E-state index in [0.717, 1.165) is 18.7 Å². The number of hydrogen-bond donors (Lipinski definition) is 0. The predicted molar refractivity (Wildman–Crippen MR) is 50.2 cm³/mol. The second kappa shape index (κ2) is 3.88. The van der Waals surface area contributed by atoms with Crippen molar-refractivity contribution in [1.29, 1.82) is 0 Å². The molecule has 1 aliphatic heterocycles. The molecule has 0 spiro atoms. The first-order valence-corrected chi connectivity index (χ1v) is 4.58. The van der Waals surface area contributed by atoms with Crippen LogP contribution in [0.2, 0.25) is 0 Å². The van der Waals surface area contributed by atoms with E-state index in [4.69, 9.17) is 0 Å². The Bertz CT molecular complexity index is 312. The number of ether oxygens (including phenoxy) is 1. The molecular weight excluding hydrogens is 225 g/mol. The Morgan fingerprint density at radius 3 is 2.25 bits per heavy atom. The van der Waals surface area contributed by atoms with Crippen molar-refractivity contribution in [3.8, 4) is 0 Å². The maximum absolute atomic E-state index is 12.4. The highest BCUT2D eigenvalue weighted by Gasteiger charge is 2.51. The Labute approximate surface area is 91.3 Å². The van der Waals surface area contributed by atoms with Crippen molar-refractivity contribution in [1.82, 2.24) is 9.80 Å². The molecule has 0 saturated carbocycles. The molecule has 0 aromatic heterocycles. The van der Waals surface area contributed by atoms with Crippen LogP contribution < -0.4 is 0 Å². The third-order valence-corrected chi connectivity index (χ3v) is 2.14. The summed E-state index contributed by atoms with van der Waals surface area (Å²) in [6.45, 7) is 1.82. The molecule has 0 radical (unpaired) electrons. The number of carbonyl (C=O) groups excluding carboxylic acids is 1. The fourth-order valence-corrected chi connectivity index (χ4v) is 0.982. The van der Waals surface area contributed by atoms with Crippen molar-refractivity contribution in [3.05, 3.63) is 12.4 Å². The third-order valence-electron chi connectivity index (χ3n) is 2.14. The summed E-state index contributed by atoms with van der Waals surface area (Å²) >= 11 is 0. The molecule has 0 saturated heterocycles. The summed E-state index contributed by atoms with van der Waals surface area (Å²) in [5, 5.41) is 0. The van der Waals surface area contributed by atoms with Gasteiger partial charge in [0.05, 0.1) is 6.67 Å². The molecule has 0 N–H and O–H groups in total. The van der Waals surface area contributed by atoms with E-state index in [9.17, 15) is 18.0 Å². The molecule has 0 fully saturated rings. The van der Waals surface area contributed by atoms with Crippen LogP contribution in [0.3, 0.4) is 0 Å². The van der Waals surface area contributed by atoms with Gasteiger partial charge in [0.25, 0.3) is 0 Å². The first kappa shape index (κ1) is 12.7. The van der Waals surface area contributed by atoms with E-state index < -0.39 is 17.9 Å². The van der Waals surface area contributed by atoms with E-state index in [1.165, 1.54) is 6.20 Å². The van der Waals surface area contributed by atoms with Gasteiger partial charge in [0, 0.05) is 19.4 Å². The number of alkyl halides is 3. The van der Waals surface area contributed by atoms with Gasteiger partial charge >= 0.3 is 12.3 Å². The fraction of sp³-hybridized carbons (Fsp3) is 0.667. The second-order valence-electron chi connectivity index (χ2n) is 4.04. The largest absolute Gasteiger partial charge is 0.433 e. The SMILES string of the molecule is CN1C=CN(C(=O)OC(C)(C)C(F)(F)F)C1. The van der Waals surface area contributed by atoms with Crippen LogP contribution in [0.15, 0.2) is 12.4 Å². The molecule has 0 atom stereocenters. The highest BCUT2D eigenvalue weighted by Crippen LogP contribution is 2.33. The molecule has 0 unspecified atom stereocenters. The Morgan fingerprint density at radius 1 is 1.31 bits per heavy atom. The zero-order valence-electron chi connectivity index (χ0n) is 9.21. The van der Waals surface area contributed by atoms with Gasteiger partial charge in [-0.15, -0.1) is 0 Å². The van der Waals surface area contributed by atoms with Gasteiger partial charge in [-0.1, -0.05) is 0 Å². The molecule has 16 heavy (non-hydrogen) atoms. The molecule has 1 aliphatic rings. The minimum atomic E-state index is -4.59. The lowest BCUT2D eigenvalue weighted by molar-refractivity contribution is -0.245. The molecule has 92 valence electrons. The van der Waals surface area contributed by atoms with Crippen molar-refractivity contribution in [3.63, 3.8) is 0 Å². The highest BCUT2D eigenvalue weighted by molar-refractivity contribution is 5.69. The van der Waals surface area contributed by atoms with Crippen LogP contribution in [-0.4, -0.2) is 41.4 Å². The maximum Gasteiger partial charge on any atom is 0.427 e. The Hall–Kier alpha value is -1.40. The monoisotopic (exact) mass is 238 g/mol. The molecular formula is C9H13F3N2O2. The van der Waals surface area contributed by atoms with E-state index in [-0.39, 0.29) is 6.67 Å². The Kier molecular flexibility index (Phi) is 3.07. The van der Waals surface area contributed by atoms with E-state index >= 15 is 0 Å². The zero-order valence-corrected chi connectivity index (χ0v) is 9.21. The lowest BCUT2D eigenvalue weighted by Crippen LogP contribution is -2.46. The molecule has 1 heterocycles. The number of rotatable bonds is 1. The summed E-state index contributed by atoms with van der Waals surface area (Å²) in [6, 6.07) is 0. The number of halogens is 3. The minimum absolute atomic E-state index is 0.187. The smallest absolute Gasteiger partial charge is 0.427 e. The average Bonchev–Trinajstić information content (AvgIpc) is 2.48. The van der Waals surface area contributed by atoms with Crippen molar-refractivity contribution >= 4 is 6.09 Å². The molecule has 1 rings (SSSR count). The van der Waals surface area contributed by atoms with E-state index in [1.54, 1.807) is 18.1 Å². The van der Waals surface area contributed by atoms with Crippen LogP contribution >= 0.6 is 0 Å². The number of carbonyl (C=O) groups is 1. The molecule has 0 aromatic carbocycles. The predicted octanol–water partition coefficient (Wildman–Crippen LogP) is 2.14. The van der Waals surface area contributed by atoms with Crippen molar-refractivity contribution < 1.29 is 22.7 Å². The topological polar surface area (TPSA) is 32.8 Å². The number of amides is 1. The molecule has 0 bridgehead atoms. The van der Waals surface area contributed by atoms with Crippen LogP contribution in [0.1, 0.15) is 13.8 Å². The Morgan fingerprint density at radius 2 is 1.88 bits per heavy atom. The first-order chi connectivity index (χ1) is 7.13. The van der Waals surface area contributed by atoms with Gasteiger partial charge in [-0.2, -0.15) is 13.2 Å². The lowest BCUT2D eigenvalue weighted by Gasteiger charge is -2.29. The van der Waals surface area contributed by atoms with Gasteiger partial charge in [0.2, 0.25) is 5.60 Å². The summed E-state index contributed by atoms with van der Waals surface area (Å²) in [6.07, 6.45) is -2.66. The van der Waals surface area contributed by atoms with Crippen LogP contribution in [0, 0.1) is 0 Å². The minimum Gasteiger partial charge on any atom is -0.433 e. The molecule has 4 nitrogen and oxygen atoms in total. The van der Waals surface area contributed by atoms with Crippen molar-refractivity contribution in [2.24, 2.45) is 0 Å². The van der Waals surface area contributed by atoms with Gasteiger partial charge in [0.1, 0.15) is 0 Å². The second-order valence-corrected chi connectivity index (χ2v) is 4.04. The van der Waals surface area contributed by atoms with Crippen LogP contribution in [0.5, 0.6) is 0 Å². The van der Waals surface area contributed by atoms with Crippen LogP contribution in [-0.2, 0) is 4.74 Å². The standard InChI is InChI=1S/C9H13F3N2O2/c1-8(2,9(10,11)12)16-7(15)14-5-4-13(3)6-14/h4-5H,6H2,1-3H3. The zero-order chi connectivity index (χ0) is 12.6. The van der Waals surface area contributed by atoms with Crippen molar-refractivity contribution in [2.75, 3.05) is 13.7 Å². The number of nitrogens with zero attached hydrogens (tertiary/aromatic N) is 2. The maximum atomic E-state index is 12.4. The quantitative estimate of drug-likeness (QED) is 0.701. The molecule has 0 aromatic rings. The van der Waals surface area contributed by atoms with E-state index in [0.29, 0.717) is 0 Å². The number of hydrogen-bond acceptors (Lipinski definition) is 3. The summed E-state index contributed by atoms with van der Waals surface area (Å²) in [7, 11) is 1.69. The normalized spacial score (nSPS) is 16.9. The van der Waals surface area contributed by atoms with Gasteiger partial charge in [-0.05, 0) is 13.8 Å². The van der Waals surface area contributed by atoms with E-state index in [1.807, 2.05) is 0 Å². The van der Waals surface area contributed by atoms with Gasteiger partial charge in [0.15, 0.2) is 0 Å². The molecule has 1 amide bonds. The van der Waals surface area contributed by atoms with Gasteiger partial charge in [-0.3, -0.25) is 4.90 Å².